The van der Waals surface area contributed by atoms with Gasteiger partial charge in [0.05, 0.1) is 0 Å². The summed E-state index contributed by atoms with van der Waals surface area (Å²) >= 11 is 0. The average Bonchev–Trinajstić information content (AvgIpc) is 1.90. The molecular formula is C6H8N2O. The average molecular weight is 124 g/mol. The molecule has 0 saturated carbocycles. The van der Waals surface area contributed by atoms with Gasteiger partial charge in [0.1, 0.15) is 12.3 Å². The highest BCUT2D eigenvalue weighted by Gasteiger charge is 2.01. The molecule has 1 aliphatic rings. The van der Waals surface area contributed by atoms with Crippen LogP contribution in [0.3, 0.4) is 0 Å². The zero-order valence-corrected chi connectivity index (χ0v) is 5.29. The predicted octanol–water partition coefficient (Wildman–Crippen LogP) is 0.977. The van der Waals surface area contributed by atoms with Gasteiger partial charge in [-0.25, -0.2) is 0 Å². The second-order valence-electron chi connectivity index (χ2n) is 1.70. The summed E-state index contributed by atoms with van der Waals surface area (Å²) < 4.78 is 5.03. The summed E-state index contributed by atoms with van der Waals surface area (Å²) in [6.07, 6.45) is 1.63. The van der Waals surface area contributed by atoms with Crippen molar-refractivity contribution in [3.63, 3.8) is 0 Å². The van der Waals surface area contributed by atoms with Gasteiger partial charge in [-0.3, -0.25) is 0 Å². The van der Waals surface area contributed by atoms with E-state index in [1.807, 2.05) is 0 Å². The minimum absolute atomic E-state index is 0.499. The lowest BCUT2D eigenvalue weighted by Crippen LogP contribution is -2.13. The molecule has 0 spiro atoms. The van der Waals surface area contributed by atoms with Crippen LogP contribution in [0.25, 0.3) is 0 Å². The molecule has 0 amide bonds. The molecule has 3 heteroatoms. The Morgan fingerprint density at radius 2 is 2.44 bits per heavy atom. The number of hydrogen-bond donors (Lipinski definition) is 0. The van der Waals surface area contributed by atoms with Gasteiger partial charge in [-0.2, -0.15) is 0 Å². The minimum atomic E-state index is 0.499. The van der Waals surface area contributed by atoms with Gasteiger partial charge in [0.25, 0.3) is 0 Å². The van der Waals surface area contributed by atoms with Gasteiger partial charge in [-0.15, -0.1) is 10.2 Å². The Balaban J connectivity index is 2.69. The van der Waals surface area contributed by atoms with Crippen LogP contribution in [0.5, 0.6) is 0 Å². The van der Waals surface area contributed by atoms with E-state index in [1.165, 1.54) is 0 Å². The summed E-state index contributed by atoms with van der Waals surface area (Å²) in [6, 6.07) is 0. The summed E-state index contributed by atoms with van der Waals surface area (Å²) in [7, 11) is 0. The molecule has 1 aliphatic heterocycles. The van der Waals surface area contributed by atoms with Crippen LogP contribution in [0.1, 0.15) is 6.92 Å². The summed E-state index contributed by atoms with van der Waals surface area (Å²) in [5.74, 6) is 0.612. The van der Waals surface area contributed by atoms with Gasteiger partial charge in [0.15, 0.2) is 0 Å². The monoisotopic (exact) mass is 124 g/mol. The largest absolute Gasteiger partial charge is 0.473 e. The van der Waals surface area contributed by atoms with Crippen LogP contribution >= 0.6 is 0 Å². The first-order chi connectivity index (χ1) is 4.33. The van der Waals surface area contributed by atoms with Gasteiger partial charge >= 0.3 is 0 Å². The molecule has 0 atom stereocenters. The highest BCUT2D eigenvalue weighted by molar-refractivity contribution is 5.98. The van der Waals surface area contributed by atoms with E-state index >= 15 is 0 Å². The van der Waals surface area contributed by atoms with E-state index in [9.17, 15) is 0 Å². The molecule has 0 aliphatic carbocycles. The van der Waals surface area contributed by atoms with Gasteiger partial charge in [-0.1, -0.05) is 6.58 Å². The summed E-state index contributed by atoms with van der Waals surface area (Å²) in [6.45, 7) is 5.80. The standard InChI is InChI=1S/C6H8N2O/c1-3-6-4-9-5(2)7-8-6/h3H,1,4H2,2H3. The molecule has 0 aromatic heterocycles. The maximum absolute atomic E-state index is 5.03. The van der Waals surface area contributed by atoms with Crippen LogP contribution in [0.2, 0.25) is 0 Å². The predicted molar refractivity (Wildman–Crippen MR) is 36.7 cm³/mol. The van der Waals surface area contributed by atoms with Crippen LogP contribution in [0.4, 0.5) is 0 Å². The van der Waals surface area contributed by atoms with Crippen molar-refractivity contribution >= 4 is 11.6 Å². The van der Waals surface area contributed by atoms with Crippen molar-refractivity contribution < 1.29 is 4.74 Å². The maximum Gasteiger partial charge on any atom is 0.205 e. The second-order valence-corrected chi connectivity index (χ2v) is 1.70. The molecular weight excluding hydrogens is 116 g/mol. The summed E-state index contributed by atoms with van der Waals surface area (Å²) in [4.78, 5) is 0. The van der Waals surface area contributed by atoms with Gasteiger partial charge in [0.2, 0.25) is 5.90 Å². The topological polar surface area (TPSA) is 34.0 Å². The number of nitrogens with zero attached hydrogens (tertiary/aromatic N) is 2. The minimum Gasteiger partial charge on any atom is -0.473 e. The molecule has 0 fully saturated rings. The summed E-state index contributed by atoms with van der Waals surface area (Å²) in [5.41, 5.74) is 0.778. The van der Waals surface area contributed by atoms with E-state index < -0.39 is 0 Å². The van der Waals surface area contributed by atoms with E-state index in [2.05, 4.69) is 16.8 Å². The molecule has 0 radical (unpaired) electrons. The highest BCUT2D eigenvalue weighted by atomic mass is 16.5. The molecule has 1 heterocycles. The van der Waals surface area contributed by atoms with E-state index in [4.69, 9.17) is 4.74 Å². The normalized spacial score (nSPS) is 17.4. The van der Waals surface area contributed by atoms with Crippen molar-refractivity contribution in [2.45, 2.75) is 6.92 Å². The Labute approximate surface area is 53.7 Å². The fourth-order valence-corrected chi connectivity index (χ4v) is 0.471. The molecule has 0 saturated heterocycles. The Morgan fingerprint density at radius 3 is 2.89 bits per heavy atom. The van der Waals surface area contributed by atoms with Gasteiger partial charge in [-0.05, 0) is 6.08 Å². The van der Waals surface area contributed by atoms with Crippen LogP contribution in [0, 0.1) is 0 Å². The van der Waals surface area contributed by atoms with Crippen LogP contribution < -0.4 is 0 Å². The highest BCUT2D eigenvalue weighted by Crippen LogP contribution is 1.94. The van der Waals surface area contributed by atoms with Crippen molar-refractivity contribution in [2.24, 2.45) is 10.2 Å². The van der Waals surface area contributed by atoms with E-state index in [0.29, 0.717) is 12.5 Å². The molecule has 0 aromatic rings. The second kappa shape index (κ2) is 2.44. The smallest absolute Gasteiger partial charge is 0.205 e. The molecule has 0 aromatic carbocycles. The third-order valence-corrected chi connectivity index (χ3v) is 0.984. The Hall–Kier alpha value is -1.12. The van der Waals surface area contributed by atoms with Crippen LogP contribution in [-0.2, 0) is 4.74 Å². The van der Waals surface area contributed by atoms with E-state index in [0.717, 1.165) is 5.71 Å². The third kappa shape index (κ3) is 1.38. The molecule has 0 N–H and O–H groups in total. The van der Waals surface area contributed by atoms with E-state index in [1.54, 1.807) is 13.0 Å². The fourth-order valence-electron chi connectivity index (χ4n) is 0.471. The van der Waals surface area contributed by atoms with Crippen molar-refractivity contribution in [3.8, 4) is 0 Å². The van der Waals surface area contributed by atoms with Crippen molar-refractivity contribution in [1.82, 2.24) is 0 Å². The maximum atomic E-state index is 5.03. The lowest BCUT2D eigenvalue weighted by Gasteiger charge is -2.06. The first-order valence-corrected chi connectivity index (χ1v) is 2.69. The number of hydrogen-bond acceptors (Lipinski definition) is 3. The van der Waals surface area contributed by atoms with Crippen molar-refractivity contribution in [2.75, 3.05) is 6.61 Å². The lowest BCUT2D eigenvalue weighted by molar-refractivity contribution is 0.353. The van der Waals surface area contributed by atoms with Crippen molar-refractivity contribution in [1.29, 1.82) is 0 Å². The van der Waals surface area contributed by atoms with Crippen LogP contribution in [0.15, 0.2) is 22.9 Å². The SMILES string of the molecule is C=CC1=NN=C(C)OC1. The first kappa shape index (κ1) is 6.01. The fraction of sp³-hybridized carbons (Fsp3) is 0.333. The van der Waals surface area contributed by atoms with E-state index in [-0.39, 0.29) is 0 Å². The summed E-state index contributed by atoms with van der Waals surface area (Å²) in [5, 5.41) is 7.48. The third-order valence-electron chi connectivity index (χ3n) is 0.984. The Kier molecular flexibility index (Phi) is 1.63. The Bertz CT molecular complexity index is 181. The number of ether oxygens (including phenoxy) is 1. The first-order valence-electron chi connectivity index (χ1n) is 2.69. The zero-order chi connectivity index (χ0) is 6.69. The van der Waals surface area contributed by atoms with Crippen molar-refractivity contribution in [3.05, 3.63) is 12.7 Å². The molecule has 48 valence electrons. The molecule has 1 rings (SSSR count). The molecule has 0 unspecified atom stereocenters. The lowest BCUT2D eigenvalue weighted by atomic mass is 10.4. The van der Waals surface area contributed by atoms with Gasteiger partial charge in [0, 0.05) is 6.92 Å². The van der Waals surface area contributed by atoms with Crippen LogP contribution in [-0.4, -0.2) is 18.2 Å². The number of rotatable bonds is 1. The van der Waals surface area contributed by atoms with Gasteiger partial charge < -0.3 is 4.74 Å². The zero-order valence-electron chi connectivity index (χ0n) is 5.29. The Morgan fingerprint density at radius 1 is 1.67 bits per heavy atom. The molecule has 9 heavy (non-hydrogen) atoms. The quantitative estimate of drug-likeness (QED) is 0.513. The molecule has 3 nitrogen and oxygen atoms in total. The molecule has 0 bridgehead atoms.